The lowest BCUT2D eigenvalue weighted by Gasteiger charge is -1.93. The Hall–Kier alpha value is 0.300. The van der Waals surface area contributed by atoms with Gasteiger partial charge in [0.1, 0.15) is 9.84 Å². The minimum Gasteiger partial charge on any atom is -0.229 e. The molecule has 4 heteroatoms. The van der Waals surface area contributed by atoms with Crippen LogP contribution in [0.4, 0.5) is 0 Å². The number of unbranched alkanes of at least 4 members (excludes halogenated alkanes) is 1. The van der Waals surface area contributed by atoms with Crippen molar-refractivity contribution in [3.8, 4) is 0 Å². The highest BCUT2D eigenvalue weighted by atomic mass is 32.2. The van der Waals surface area contributed by atoms with E-state index >= 15 is 0 Å². The summed E-state index contributed by atoms with van der Waals surface area (Å²) in [7, 11) is -2.73. The van der Waals surface area contributed by atoms with Gasteiger partial charge in [0.05, 0.1) is 0 Å². The number of hydrogen-bond acceptors (Lipinski definition) is 3. The van der Waals surface area contributed by atoms with E-state index in [0.717, 1.165) is 18.6 Å². The second-order valence-electron chi connectivity index (χ2n) is 2.06. The van der Waals surface area contributed by atoms with Crippen molar-refractivity contribution in [2.24, 2.45) is 0 Å². The molecule has 0 radical (unpaired) electrons. The molecule has 0 fully saturated rings. The molecule has 0 aromatic rings. The zero-order chi connectivity index (χ0) is 7.33. The van der Waals surface area contributed by atoms with E-state index < -0.39 is 9.84 Å². The average molecular weight is 168 g/mol. The molecule has 0 amide bonds. The highest BCUT2D eigenvalue weighted by molar-refractivity contribution is 7.90. The molecule has 0 aliphatic heterocycles. The van der Waals surface area contributed by atoms with Crippen molar-refractivity contribution in [3.05, 3.63) is 0 Å². The Bertz CT molecular complexity index is 148. The first-order chi connectivity index (χ1) is 4.06. The molecule has 0 atom stereocenters. The Morgan fingerprint density at radius 2 is 1.89 bits per heavy atom. The van der Waals surface area contributed by atoms with Crippen LogP contribution in [0.3, 0.4) is 0 Å². The minimum atomic E-state index is -2.73. The Kier molecular flexibility index (Phi) is 4.31. The lowest BCUT2D eigenvalue weighted by Crippen LogP contribution is -2.02. The van der Waals surface area contributed by atoms with Gasteiger partial charge in [-0.1, -0.05) is 0 Å². The lowest BCUT2D eigenvalue weighted by atomic mass is 10.4. The molecule has 0 aromatic carbocycles. The van der Waals surface area contributed by atoms with Crippen LogP contribution in [0.1, 0.15) is 12.8 Å². The van der Waals surface area contributed by atoms with E-state index in [4.69, 9.17) is 0 Å². The van der Waals surface area contributed by atoms with Crippen LogP contribution in [-0.2, 0) is 9.84 Å². The summed E-state index contributed by atoms with van der Waals surface area (Å²) in [6, 6.07) is 0. The monoisotopic (exact) mass is 168 g/mol. The van der Waals surface area contributed by atoms with Crippen LogP contribution in [0.25, 0.3) is 0 Å². The largest absolute Gasteiger partial charge is 0.229 e. The van der Waals surface area contributed by atoms with Gasteiger partial charge in [0.15, 0.2) is 0 Å². The van der Waals surface area contributed by atoms with Gasteiger partial charge in [0, 0.05) is 12.0 Å². The molecule has 0 aliphatic carbocycles. The van der Waals surface area contributed by atoms with Gasteiger partial charge in [-0.3, -0.25) is 0 Å². The molecule has 0 heterocycles. The zero-order valence-electron chi connectivity index (χ0n) is 5.50. The fourth-order valence-corrected chi connectivity index (χ4v) is 1.43. The Morgan fingerprint density at radius 3 is 2.22 bits per heavy atom. The highest BCUT2D eigenvalue weighted by Crippen LogP contribution is 1.94. The van der Waals surface area contributed by atoms with E-state index in [9.17, 15) is 8.42 Å². The van der Waals surface area contributed by atoms with Gasteiger partial charge < -0.3 is 0 Å². The topological polar surface area (TPSA) is 34.1 Å². The third-order valence-electron chi connectivity index (χ3n) is 0.923. The average Bonchev–Trinajstić information content (AvgIpc) is 1.63. The maximum absolute atomic E-state index is 10.5. The first-order valence-electron chi connectivity index (χ1n) is 2.85. The van der Waals surface area contributed by atoms with E-state index in [-0.39, 0.29) is 0 Å². The van der Waals surface area contributed by atoms with Gasteiger partial charge >= 0.3 is 0 Å². The van der Waals surface area contributed by atoms with Crippen LogP contribution < -0.4 is 0 Å². The van der Waals surface area contributed by atoms with Crippen molar-refractivity contribution in [1.29, 1.82) is 0 Å². The molecule has 0 bridgehead atoms. The molecule has 2 nitrogen and oxygen atoms in total. The molecule has 0 rings (SSSR count). The second kappa shape index (κ2) is 4.17. The Morgan fingerprint density at radius 1 is 1.33 bits per heavy atom. The molecular formula is C5H12O2S2. The Balaban J connectivity index is 3.30. The van der Waals surface area contributed by atoms with Crippen molar-refractivity contribution in [2.45, 2.75) is 12.8 Å². The van der Waals surface area contributed by atoms with E-state index in [1.54, 1.807) is 0 Å². The molecule has 0 aromatic heterocycles. The first kappa shape index (κ1) is 9.30. The van der Waals surface area contributed by atoms with Crippen LogP contribution in [0.15, 0.2) is 0 Å². The molecule has 56 valence electrons. The first-order valence-corrected chi connectivity index (χ1v) is 5.54. The van der Waals surface area contributed by atoms with Gasteiger partial charge in [-0.15, -0.1) is 0 Å². The van der Waals surface area contributed by atoms with Gasteiger partial charge in [-0.05, 0) is 18.6 Å². The summed E-state index contributed by atoms with van der Waals surface area (Å²) in [6.07, 6.45) is 2.88. The molecule has 0 spiro atoms. The van der Waals surface area contributed by atoms with Crippen LogP contribution >= 0.6 is 12.6 Å². The molecule has 0 saturated heterocycles. The quantitative estimate of drug-likeness (QED) is 0.496. The number of thiol groups is 1. The summed E-state index contributed by atoms with van der Waals surface area (Å²) in [6.45, 7) is 0. The smallest absolute Gasteiger partial charge is 0.147 e. The van der Waals surface area contributed by atoms with Crippen molar-refractivity contribution in [1.82, 2.24) is 0 Å². The second-order valence-corrected chi connectivity index (χ2v) is 4.77. The van der Waals surface area contributed by atoms with E-state index in [0.29, 0.717) is 5.75 Å². The molecule has 9 heavy (non-hydrogen) atoms. The third-order valence-corrected chi connectivity index (χ3v) is 2.27. The molecule has 0 saturated carbocycles. The van der Waals surface area contributed by atoms with Crippen LogP contribution in [-0.4, -0.2) is 26.2 Å². The van der Waals surface area contributed by atoms with Gasteiger partial charge in [-0.25, -0.2) is 8.42 Å². The summed E-state index contributed by atoms with van der Waals surface area (Å²) >= 11 is 3.96. The van der Waals surface area contributed by atoms with Gasteiger partial charge in [0.2, 0.25) is 0 Å². The lowest BCUT2D eigenvalue weighted by molar-refractivity contribution is 0.598. The summed E-state index contributed by atoms with van der Waals surface area (Å²) < 4.78 is 21.0. The molecule has 0 aliphatic rings. The summed E-state index contributed by atoms with van der Waals surface area (Å²) in [5.74, 6) is 1.07. The normalized spacial score (nSPS) is 11.8. The van der Waals surface area contributed by atoms with E-state index in [1.165, 1.54) is 6.26 Å². The third kappa shape index (κ3) is 8.30. The standard InChI is InChI=1S/C5H12O2S2/c1-9(6,7)5-3-2-4-8/h8H,2-5H2,1H3. The predicted molar refractivity (Wildman–Crippen MR) is 42.8 cm³/mol. The SMILES string of the molecule is CS(=O)(=O)CCCCS. The van der Waals surface area contributed by atoms with Crippen molar-refractivity contribution in [3.63, 3.8) is 0 Å². The van der Waals surface area contributed by atoms with Crippen molar-refractivity contribution >= 4 is 22.5 Å². The summed E-state index contributed by atoms with van der Waals surface area (Å²) in [5.41, 5.74) is 0. The predicted octanol–water partition coefficient (Wildman–Crippen LogP) is 0.741. The van der Waals surface area contributed by atoms with Crippen LogP contribution in [0, 0.1) is 0 Å². The Labute approximate surface area is 62.0 Å². The van der Waals surface area contributed by atoms with Crippen molar-refractivity contribution < 1.29 is 8.42 Å². The number of hydrogen-bond donors (Lipinski definition) is 1. The zero-order valence-corrected chi connectivity index (χ0v) is 7.21. The van der Waals surface area contributed by atoms with E-state index in [2.05, 4.69) is 12.6 Å². The summed E-state index contributed by atoms with van der Waals surface area (Å²) in [5, 5.41) is 0. The molecule has 0 N–H and O–H groups in total. The van der Waals surface area contributed by atoms with Crippen LogP contribution in [0.2, 0.25) is 0 Å². The summed E-state index contributed by atoms with van der Waals surface area (Å²) in [4.78, 5) is 0. The van der Waals surface area contributed by atoms with E-state index in [1.807, 2.05) is 0 Å². The number of sulfone groups is 1. The molecule has 0 unspecified atom stereocenters. The number of rotatable bonds is 4. The minimum absolute atomic E-state index is 0.299. The van der Waals surface area contributed by atoms with Crippen LogP contribution in [0.5, 0.6) is 0 Å². The van der Waals surface area contributed by atoms with Gasteiger partial charge in [-0.2, -0.15) is 12.6 Å². The van der Waals surface area contributed by atoms with Gasteiger partial charge in [0.25, 0.3) is 0 Å². The maximum atomic E-state index is 10.5. The fraction of sp³-hybridized carbons (Fsp3) is 1.00. The maximum Gasteiger partial charge on any atom is 0.147 e. The van der Waals surface area contributed by atoms with Crippen molar-refractivity contribution in [2.75, 3.05) is 17.8 Å². The highest BCUT2D eigenvalue weighted by Gasteiger charge is 1.98. The fourth-order valence-electron chi connectivity index (χ4n) is 0.476. The molecular weight excluding hydrogens is 156 g/mol.